The highest BCUT2D eigenvalue weighted by atomic mass is 32.2. The fourth-order valence-corrected chi connectivity index (χ4v) is 2.45. The van der Waals surface area contributed by atoms with E-state index in [1.807, 2.05) is 13.2 Å². The number of rotatable bonds is 13. The van der Waals surface area contributed by atoms with Crippen LogP contribution in [0.2, 0.25) is 0 Å². The van der Waals surface area contributed by atoms with E-state index in [2.05, 4.69) is 12.2 Å². The summed E-state index contributed by atoms with van der Waals surface area (Å²) < 4.78 is 5.44. The monoisotopic (exact) mass is 293 g/mol. The Balaban J connectivity index is 3.50. The zero-order valence-corrected chi connectivity index (χ0v) is 13.4. The summed E-state index contributed by atoms with van der Waals surface area (Å²) in [6, 6.07) is 0.180. The molecule has 0 rings (SSSR count). The van der Waals surface area contributed by atoms with E-state index in [4.69, 9.17) is 9.84 Å². The number of hydrogen-bond acceptors (Lipinski definition) is 5. The molecule has 0 aliphatic heterocycles. The summed E-state index contributed by atoms with van der Waals surface area (Å²) >= 11 is 1.63. The van der Waals surface area contributed by atoms with Crippen molar-refractivity contribution in [1.29, 1.82) is 0 Å². The molecule has 0 saturated heterocycles. The molecule has 19 heavy (non-hydrogen) atoms. The second-order valence-corrected chi connectivity index (χ2v) is 6.02. The summed E-state index contributed by atoms with van der Waals surface area (Å²) in [5, 5.41) is 22.3. The average Bonchev–Trinajstić information content (AvgIpc) is 2.41. The minimum atomic E-state index is -0.477. The van der Waals surface area contributed by atoms with Crippen molar-refractivity contribution in [2.75, 3.05) is 32.6 Å². The van der Waals surface area contributed by atoms with Crippen LogP contribution in [0.3, 0.4) is 0 Å². The van der Waals surface area contributed by atoms with Gasteiger partial charge in [0.25, 0.3) is 0 Å². The van der Waals surface area contributed by atoms with Crippen molar-refractivity contribution in [3.05, 3.63) is 0 Å². The molecule has 3 unspecified atom stereocenters. The first-order valence-electron chi connectivity index (χ1n) is 7.28. The SMILES string of the molecule is CCCCCCOCC(O)CNC(C)C(CO)SC. The first kappa shape index (κ1) is 19.2. The number of nitrogens with one attached hydrogen (secondary N) is 1. The quantitative estimate of drug-likeness (QED) is 0.451. The van der Waals surface area contributed by atoms with Crippen LogP contribution in [0.15, 0.2) is 0 Å². The number of unbranched alkanes of at least 4 members (excludes halogenated alkanes) is 3. The van der Waals surface area contributed by atoms with Crippen LogP contribution in [-0.2, 0) is 4.74 Å². The number of aliphatic hydroxyl groups is 2. The van der Waals surface area contributed by atoms with Crippen LogP contribution >= 0.6 is 11.8 Å². The fourth-order valence-electron chi connectivity index (χ4n) is 1.80. The first-order valence-corrected chi connectivity index (χ1v) is 8.57. The fraction of sp³-hybridized carbons (Fsp3) is 1.00. The Labute approximate surface area is 122 Å². The van der Waals surface area contributed by atoms with Crippen LogP contribution in [0.25, 0.3) is 0 Å². The summed E-state index contributed by atoms with van der Waals surface area (Å²) in [5.41, 5.74) is 0. The molecular formula is C14H31NO3S. The van der Waals surface area contributed by atoms with Gasteiger partial charge in [0.05, 0.1) is 19.3 Å². The van der Waals surface area contributed by atoms with Crippen molar-refractivity contribution in [3.63, 3.8) is 0 Å². The Hall–Kier alpha value is 0.190. The maximum Gasteiger partial charge on any atom is 0.0897 e. The minimum absolute atomic E-state index is 0.152. The van der Waals surface area contributed by atoms with E-state index in [1.54, 1.807) is 11.8 Å². The van der Waals surface area contributed by atoms with Crippen LogP contribution < -0.4 is 5.32 Å². The van der Waals surface area contributed by atoms with Gasteiger partial charge in [-0.3, -0.25) is 0 Å². The van der Waals surface area contributed by atoms with Gasteiger partial charge in [0.15, 0.2) is 0 Å². The molecule has 5 heteroatoms. The normalized spacial score (nSPS) is 16.3. The van der Waals surface area contributed by atoms with Crippen LogP contribution in [-0.4, -0.2) is 60.2 Å². The van der Waals surface area contributed by atoms with E-state index in [0.29, 0.717) is 13.2 Å². The lowest BCUT2D eigenvalue weighted by molar-refractivity contribution is 0.0341. The molecule has 0 amide bonds. The van der Waals surface area contributed by atoms with E-state index in [0.717, 1.165) is 13.0 Å². The first-order chi connectivity index (χ1) is 9.15. The predicted molar refractivity (Wildman–Crippen MR) is 82.8 cm³/mol. The van der Waals surface area contributed by atoms with Crippen LogP contribution in [0, 0.1) is 0 Å². The van der Waals surface area contributed by atoms with Gasteiger partial charge in [-0.1, -0.05) is 26.2 Å². The molecule has 0 aromatic carbocycles. The van der Waals surface area contributed by atoms with Crippen LogP contribution in [0.4, 0.5) is 0 Å². The molecular weight excluding hydrogens is 262 g/mol. The zero-order valence-electron chi connectivity index (χ0n) is 12.6. The Morgan fingerprint density at radius 1 is 1.26 bits per heavy atom. The summed E-state index contributed by atoms with van der Waals surface area (Å²) in [6.07, 6.45) is 6.26. The lowest BCUT2D eigenvalue weighted by Crippen LogP contribution is -2.42. The number of thioether (sulfide) groups is 1. The van der Waals surface area contributed by atoms with Gasteiger partial charge in [-0.05, 0) is 19.6 Å². The third-order valence-corrected chi connectivity index (χ3v) is 4.33. The summed E-state index contributed by atoms with van der Waals surface area (Å²) in [7, 11) is 0. The van der Waals surface area contributed by atoms with Gasteiger partial charge in [0.1, 0.15) is 0 Å². The molecule has 0 heterocycles. The van der Waals surface area contributed by atoms with Crippen molar-refractivity contribution >= 4 is 11.8 Å². The van der Waals surface area contributed by atoms with E-state index >= 15 is 0 Å². The Bertz CT molecular complexity index is 192. The summed E-state index contributed by atoms with van der Waals surface area (Å²) in [5.74, 6) is 0. The molecule has 0 bridgehead atoms. The van der Waals surface area contributed by atoms with Crippen molar-refractivity contribution < 1.29 is 14.9 Å². The second kappa shape index (κ2) is 13.2. The minimum Gasteiger partial charge on any atom is -0.395 e. The topological polar surface area (TPSA) is 61.7 Å². The highest BCUT2D eigenvalue weighted by molar-refractivity contribution is 7.99. The Kier molecular flexibility index (Phi) is 13.3. The van der Waals surface area contributed by atoms with Gasteiger partial charge < -0.3 is 20.3 Å². The van der Waals surface area contributed by atoms with Gasteiger partial charge in [0, 0.05) is 24.4 Å². The van der Waals surface area contributed by atoms with Crippen LogP contribution in [0.5, 0.6) is 0 Å². The number of hydrogen-bond donors (Lipinski definition) is 3. The van der Waals surface area contributed by atoms with E-state index in [-0.39, 0.29) is 17.9 Å². The molecule has 0 spiro atoms. The maximum atomic E-state index is 9.77. The molecule has 0 aliphatic rings. The van der Waals surface area contributed by atoms with Gasteiger partial charge in [-0.25, -0.2) is 0 Å². The summed E-state index contributed by atoms with van der Waals surface area (Å²) in [4.78, 5) is 0. The van der Waals surface area contributed by atoms with E-state index < -0.39 is 6.10 Å². The Morgan fingerprint density at radius 3 is 2.58 bits per heavy atom. The van der Waals surface area contributed by atoms with Gasteiger partial charge in [0.2, 0.25) is 0 Å². The molecule has 0 fully saturated rings. The van der Waals surface area contributed by atoms with Gasteiger partial charge in [-0.15, -0.1) is 0 Å². The lowest BCUT2D eigenvalue weighted by Gasteiger charge is -2.23. The lowest BCUT2D eigenvalue weighted by atomic mass is 10.2. The Morgan fingerprint density at radius 2 is 2.00 bits per heavy atom. The molecule has 0 aliphatic carbocycles. The standard InChI is InChI=1S/C14H31NO3S/c1-4-5-6-7-8-18-11-13(17)9-15-12(2)14(10-16)19-3/h12-17H,4-11H2,1-3H3. The molecule has 3 atom stereocenters. The van der Waals surface area contributed by atoms with Gasteiger partial charge in [-0.2, -0.15) is 11.8 Å². The van der Waals surface area contributed by atoms with Crippen molar-refractivity contribution in [1.82, 2.24) is 5.32 Å². The highest BCUT2D eigenvalue weighted by Crippen LogP contribution is 2.10. The third-order valence-electron chi connectivity index (χ3n) is 3.17. The van der Waals surface area contributed by atoms with E-state index in [1.165, 1.54) is 19.3 Å². The summed E-state index contributed by atoms with van der Waals surface area (Å²) in [6.45, 7) is 5.99. The molecule has 4 nitrogen and oxygen atoms in total. The molecule has 0 aromatic rings. The molecule has 0 saturated carbocycles. The predicted octanol–water partition coefficient (Wildman–Crippen LogP) is 1.65. The number of aliphatic hydroxyl groups excluding tert-OH is 2. The van der Waals surface area contributed by atoms with Crippen LogP contribution in [0.1, 0.15) is 39.5 Å². The molecule has 0 aromatic heterocycles. The molecule has 116 valence electrons. The zero-order chi connectivity index (χ0) is 14.5. The van der Waals surface area contributed by atoms with E-state index in [9.17, 15) is 5.11 Å². The maximum absolute atomic E-state index is 9.77. The van der Waals surface area contributed by atoms with Gasteiger partial charge >= 0.3 is 0 Å². The third kappa shape index (κ3) is 10.6. The molecule has 0 radical (unpaired) electrons. The smallest absolute Gasteiger partial charge is 0.0897 e. The van der Waals surface area contributed by atoms with Crippen molar-refractivity contribution in [3.8, 4) is 0 Å². The second-order valence-electron chi connectivity index (χ2n) is 4.94. The average molecular weight is 293 g/mol. The largest absolute Gasteiger partial charge is 0.395 e. The number of ether oxygens (including phenoxy) is 1. The molecule has 3 N–H and O–H groups in total. The highest BCUT2D eigenvalue weighted by Gasteiger charge is 2.15. The van der Waals surface area contributed by atoms with Crippen molar-refractivity contribution in [2.24, 2.45) is 0 Å². The van der Waals surface area contributed by atoms with Crippen molar-refractivity contribution in [2.45, 2.75) is 56.9 Å².